The van der Waals surface area contributed by atoms with E-state index in [-0.39, 0.29) is 0 Å². The molecule has 1 aromatic rings. The van der Waals surface area contributed by atoms with Gasteiger partial charge in [0.15, 0.2) is 0 Å². The lowest BCUT2D eigenvalue weighted by Gasteiger charge is -2.19. The molecule has 21 heavy (non-hydrogen) atoms. The highest BCUT2D eigenvalue weighted by Crippen LogP contribution is 2.22. The molecule has 1 aromatic carbocycles. The Bertz CT molecular complexity index is 347. The van der Waals surface area contributed by atoms with Gasteiger partial charge in [-0.05, 0) is 37.1 Å². The summed E-state index contributed by atoms with van der Waals surface area (Å²) in [4.78, 5) is 0. The number of nitrogens with one attached hydrogen (secondary N) is 1. The molecule has 0 aromatic heterocycles. The number of halogens is 1. The Balaban J connectivity index is 2.31. The van der Waals surface area contributed by atoms with Crippen LogP contribution in [0.15, 0.2) is 24.3 Å². The predicted octanol–water partition coefficient (Wildman–Crippen LogP) is 6.52. The number of hydrogen-bond donors (Lipinski definition) is 1. The van der Waals surface area contributed by atoms with Crippen LogP contribution in [0, 0.1) is 0 Å². The van der Waals surface area contributed by atoms with E-state index < -0.39 is 0 Å². The van der Waals surface area contributed by atoms with Crippen molar-refractivity contribution in [2.45, 2.75) is 77.7 Å². The third kappa shape index (κ3) is 8.48. The maximum Gasteiger partial charge on any atom is 0.0406 e. The topological polar surface area (TPSA) is 12.0 Å². The fourth-order valence-corrected chi connectivity index (χ4v) is 2.83. The Hall–Kier alpha value is -0.530. The molecular weight excluding hydrogens is 278 g/mol. The summed E-state index contributed by atoms with van der Waals surface area (Å²) >= 11 is 5.99. The molecule has 0 fully saturated rings. The van der Waals surface area contributed by atoms with E-state index in [2.05, 4.69) is 31.3 Å². The number of rotatable bonds is 12. The summed E-state index contributed by atoms with van der Waals surface area (Å²) < 4.78 is 0. The fraction of sp³-hybridized carbons (Fsp3) is 0.684. The van der Waals surface area contributed by atoms with Gasteiger partial charge in [0.05, 0.1) is 0 Å². The van der Waals surface area contributed by atoms with Crippen LogP contribution in [0.25, 0.3) is 0 Å². The van der Waals surface area contributed by atoms with Crippen molar-refractivity contribution in [3.8, 4) is 0 Å². The van der Waals surface area contributed by atoms with Gasteiger partial charge >= 0.3 is 0 Å². The highest BCUT2D eigenvalue weighted by molar-refractivity contribution is 6.30. The molecule has 1 rings (SSSR count). The minimum Gasteiger partial charge on any atom is -0.310 e. The normalized spacial score (nSPS) is 12.5. The molecule has 1 N–H and O–H groups in total. The van der Waals surface area contributed by atoms with Gasteiger partial charge in [0.1, 0.15) is 0 Å². The first kappa shape index (κ1) is 18.5. The Morgan fingerprint density at radius 3 is 2.10 bits per heavy atom. The van der Waals surface area contributed by atoms with Crippen molar-refractivity contribution in [3.63, 3.8) is 0 Å². The second kappa shape index (κ2) is 12.1. The van der Waals surface area contributed by atoms with Gasteiger partial charge in [0.2, 0.25) is 0 Å². The summed E-state index contributed by atoms with van der Waals surface area (Å²) in [6, 6.07) is 8.82. The Labute approximate surface area is 136 Å². The van der Waals surface area contributed by atoms with Crippen LogP contribution in [0.5, 0.6) is 0 Å². The SMILES string of the molecule is CCCCCCCCCC(NCCC)c1ccc(Cl)cc1. The van der Waals surface area contributed by atoms with Gasteiger partial charge < -0.3 is 5.32 Å². The van der Waals surface area contributed by atoms with Gasteiger partial charge in [-0.2, -0.15) is 0 Å². The highest BCUT2D eigenvalue weighted by Gasteiger charge is 2.10. The van der Waals surface area contributed by atoms with Crippen LogP contribution in [-0.4, -0.2) is 6.54 Å². The Kier molecular flexibility index (Phi) is 10.6. The molecule has 0 bridgehead atoms. The van der Waals surface area contributed by atoms with Gasteiger partial charge in [-0.15, -0.1) is 0 Å². The molecule has 0 spiro atoms. The molecule has 2 heteroatoms. The standard InChI is InChI=1S/C19H32ClN/c1-3-5-6-7-8-9-10-11-19(21-16-4-2)17-12-14-18(20)15-13-17/h12-15,19,21H,3-11,16H2,1-2H3. The number of hydrogen-bond acceptors (Lipinski definition) is 1. The van der Waals surface area contributed by atoms with Crippen LogP contribution in [0.3, 0.4) is 0 Å². The summed E-state index contributed by atoms with van der Waals surface area (Å²) in [7, 11) is 0. The summed E-state index contributed by atoms with van der Waals surface area (Å²) in [5.41, 5.74) is 1.37. The molecule has 1 atom stereocenters. The van der Waals surface area contributed by atoms with E-state index in [1.165, 1.54) is 63.4 Å². The third-order valence-electron chi connectivity index (χ3n) is 4.01. The summed E-state index contributed by atoms with van der Waals surface area (Å²) in [6.07, 6.45) is 12.0. The van der Waals surface area contributed by atoms with E-state index in [0.29, 0.717) is 6.04 Å². The van der Waals surface area contributed by atoms with E-state index in [0.717, 1.165) is 11.6 Å². The van der Waals surface area contributed by atoms with Gasteiger partial charge in [-0.1, -0.05) is 82.5 Å². The molecule has 0 saturated carbocycles. The lowest BCUT2D eigenvalue weighted by Crippen LogP contribution is -2.22. The van der Waals surface area contributed by atoms with Crippen molar-refractivity contribution < 1.29 is 0 Å². The van der Waals surface area contributed by atoms with Crippen LogP contribution in [0.2, 0.25) is 5.02 Å². The van der Waals surface area contributed by atoms with E-state index in [1.54, 1.807) is 0 Å². The zero-order valence-corrected chi connectivity index (χ0v) is 14.6. The summed E-state index contributed by atoms with van der Waals surface area (Å²) in [5.74, 6) is 0. The van der Waals surface area contributed by atoms with Crippen molar-refractivity contribution in [3.05, 3.63) is 34.9 Å². The average molecular weight is 310 g/mol. The van der Waals surface area contributed by atoms with Crippen LogP contribution in [0.4, 0.5) is 0 Å². The minimum absolute atomic E-state index is 0.484. The molecule has 0 aliphatic carbocycles. The zero-order valence-electron chi connectivity index (χ0n) is 13.8. The average Bonchev–Trinajstić information content (AvgIpc) is 2.50. The predicted molar refractivity (Wildman–Crippen MR) is 95.1 cm³/mol. The summed E-state index contributed by atoms with van der Waals surface area (Å²) in [6.45, 7) is 5.58. The van der Waals surface area contributed by atoms with Gasteiger partial charge in [-0.25, -0.2) is 0 Å². The van der Waals surface area contributed by atoms with Crippen molar-refractivity contribution in [2.24, 2.45) is 0 Å². The first-order valence-corrected chi connectivity index (χ1v) is 9.14. The highest BCUT2D eigenvalue weighted by atomic mass is 35.5. The molecule has 0 aliphatic rings. The molecule has 0 radical (unpaired) electrons. The molecule has 0 aliphatic heterocycles. The van der Waals surface area contributed by atoms with Crippen LogP contribution < -0.4 is 5.32 Å². The van der Waals surface area contributed by atoms with Crippen molar-refractivity contribution >= 4 is 11.6 Å². The minimum atomic E-state index is 0.484. The van der Waals surface area contributed by atoms with E-state index >= 15 is 0 Å². The first-order valence-electron chi connectivity index (χ1n) is 8.76. The molecule has 1 nitrogen and oxygen atoms in total. The maximum absolute atomic E-state index is 5.99. The first-order chi connectivity index (χ1) is 10.3. The van der Waals surface area contributed by atoms with E-state index in [9.17, 15) is 0 Å². The van der Waals surface area contributed by atoms with Crippen molar-refractivity contribution in [2.75, 3.05) is 6.54 Å². The van der Waals surface area contributed by atoms with Crippen LogP contribution in [0.1, 0.15) is 83.2 Å². The molecule has 0 amide bonds. The lowest BCUT2D eigenvalue weighted by atomic mass is 9.99. The van der Waals surface area contributed by atoms with Gasteiger partial charge in [-0.3, -0.25) is 0 Å². The molecular formula is C19H32ClN. The summed E-state index contributed by atoms with van der Waals surface area (Å²) in [5, 5.41) is 4.50. The van der Waals surface area contributed by atoms with Crippen molar-refractivity contribution in [1.29, 1.82) is 0 Å². The largest absolute Gasteiger partial charge is 0.310 e. The zero-order chi connectivity index (χ0) is 15.3. The second-order valence-electron chi connectivity index (χ2n) is 5.97. The molecule has 1 unspecified atom stereocenters. The van der Waals surface area contributed by atoms with Crippen LogP contribution >= 0.6 is 11.6 Å². The second-order valence-corrected chi connectivity index (χ2v) is 6.40. The Morgan fingerprint density at radius 2 is 1.48 bits per heavy atom. The molecule has 120 valence electrons. The third-order valence-corrected chi connectivity index (χ3v) is 4.26. The van der Waals surface area contributed by atoms with Gasteiger partial charge in [0.25, 0.3) is 0 Å². The molecule has 0 saturated heterocycles. The van der Waals surface area contributed by atoms with Crippen LogP contribution in [-0.2, 0) is 0 Å². The smallest absolute Gasteiger partial charge is 0.0406 e. The van der Waals surface area contributed by atoms with Gasteiger partial charge in [0, 0.05) is 11.1 Å². The lowest BCUT2D eigenvalue weighted by molar-refractivity contribution is 0.465. The monoisotopic (exact) mass is 309 g/mol. The fourth-order valence-electron chi connectivity index (χ4n) is 2.71. The quantitative estimate of drug-likeness (QED) is 0.433. The van der Waals surface area contributed by atoms with E-state index in [4.69, 9.17) is 11.6 Å². The number of benzene rings is 1. The maximum atomic E-state index is 5.99. The van der Waals surface area contributed by atoms with Crippen molar-refractivity contribution in [1.82, 2.24) is 5.32 Å². The van der Waals surface area contributed by atoms with E-state index in [1.807, 2.05) is 12.1 Å². The Morgan fingerprint density at radius 1 is 0.857 bits per heavy atom. The number of unbranched alkanes of at least 4 members (excludes halogenated alkanes) is 6. The molecule has 0 heterocycles.